The highest BCUT2D eigenvalue weighted by molar-refractivity contribution is 5.37. The molecule has 0 atom stereocenters. The Morgan fingerprint density at radius 2 is 1.89 bits per heavy atom. The molecule has 0 spiro atoms. The number of phenolic OH excluding ortho intramolecular Hbond substituents is 1. The molecule has 2 rings (SSSR count). The molecule has 4 heteroatoms. The van der Waals surface area contributed by atoms with Crippen molar-refractivity contribution in [2.75, 3.05) is 0 Å². The van der Waals surface area contributed by atoms with Crippen LogP contribution in [0.5, 0.6) is 11.5 Å². The topological polar surface area (TPSA) is 29.5 Å². The van der Waals surface area contributed by atoms with Crippen LogP contribution in [0.25, 0.3) is 0 Å². The Bertz CT molecular complexity index is 547. The third-order valence-electron chi connectivity index (χ3n) is 2.45. The molecule has 0 unspecified atom stereocenters. The summed E-state index contributed by atoms with van der Waals surface area (Å²) in [6, 6.07) is 8.07. The second-order valence-corrected chi connectivity index (χ2v) is 4.03. The summed E-state index contributed by atoms with van der Waals surface area (Å²) in [6.45, 7) is 1.79. The van der Waals surface area contributed by atoms with Gasteiger partial charge in [0.05, 0.1) is 0 Å². The van der Waals surface area contributed by atoms with Crippen molar-refractivity contribution in [2.24, 2.45) is 0 Å². The van der Waals surface area contributed by atoms with Gasteiger partial charge in [-0.2, -0.15) is 0 Å². The molecule has 18 heavy (non-hydrogen) atoms. The fourth-order valence-corrected chi connectivity index (χ4v) is 1.61. The number of benzene rings is 2. The van der Waals surface area contributed by atoms with Gasteiger partial charge in [-0.05, 0) is 36.8 Å². The number of halogens is 2. The Balaban J connectivity index is 2.11. The zero-order chi connectivity index (χ0) is 13.1. The van der Waals surface area contributed by atoms with Crippen LogP contribution in [0.1, 0.15) is 11.1 Å². The molecule has 0 aliphatic heterocycles. The van der Waals surface area contributed by atoms with Crippen LogP contribution >= 0.6 is 0 Å². The normalized spacial score (nSPS) is 10.4. The number of ether oxygens (including phenoxy) is 1. The van der Waals surface area contributed by atoms with E-state index in [-0.39, 0.29) is 17.9 Å². The minimum atomic E-state index is -0.646. The van der Waals surface area contributed by atoms with Gasteiger partial charge in [0, 0.05) is 17.7 Å². The highest BCUT2D eigenvalue weighted by Crippen LogP contribution is 2.22. The Morgan fingerprint density at radius 3 is 2.56 bits per heavy atom. The molecule has 0 radical (unpaired) electrons. The first-order chi connectivity index (χ1) is 8.54. The standard InChI is InChI=1S/C14H12F2O2/c1-9-4-12(17)7-13(5-9)18-8-10-2-3-11(15)6-14(10)16/h2-7,17H,8H2,1H3. The highest BCUT2D eigenvalue weighted by Gasteiger charge is 2.05. The fraction of sp³-hybridized carbons (Fsp3) is 0.143. The van der Waals surface area contributed by atoms with E-state index in [1.807, 2.05) is 6.92 Å². The summed E-state index contributed by atoms with van der Waals surface area (Å²) in [7, 11) is 0. The molecule has 0 bridgehead atoms. The van der Waals surface area contributed by atoms with E-state index in [1.165, 1.54) is 18.2 Å². The maximum absolute atomic E-state index is 13.3. The van der Waals surface area contributed by atoms with Gasteiger partial charge in [0.1, 0.15) is 29.7 Å². The van der Waals surface area contributed by atoms with Crippen molar-refractivity contribution < 1.29 is 18.6 Å². The molecule has 0 aliphatic rings. The van der Waals surface area contributed by atoms with Gasteiger partial charge in [0.25, 0.3) is 0 Å². The average molecular weight is 250 g/mol. The van der Waals surface area contributed by atoms with Crippen molar-refractivity contribution >= 4 is 0 Å². The molecule has 0 saturated heterocycles. The van der Waals surface area contributed by atoms with Crippen molar-refractivity contribution in [3.8, 4) is 11.5 Å². The lowest BCUT2D eigenvalue weighted by Crippen LogP contribution is -1.99. The van der Waals surface area contributed by atoms with Crippen molar-refractivity contribution in [1.82, 2.24) is 0 Å². The fourth-order valence-electron chi connectivity index (χ4n) is 1.61. The van der Waals surface area contributed by atoms with Crippen molar-refractivity contribution in [2.45, 2.75) is 13.5 Å². The summed E-state index contributed by atoms with van der Waals surface area (Å²) in [5, 5.41) is 9.38. The molecule has 2 aromatic rings. The summed E-state index contributed by atoms with van der Waals surface area (Å²) < 4.78 is 31.4. The number of hydrogen-bond acceptors (Lipinski definition) is 2. The molecule has 0 aliphatic carbocycles. The molecule has 0 amide bonds. The lowest BCUT2D eigenvalue weighted by Gasteiger charge is -2.08. The number of rotatable bonds is 3. The number of aryl methyl sites for hydroxylation is 1. The molecular formula is C14H12F2O2. The smallest absolute Gasteiger partial charge is 0.132 e. The Kier molecular flexibility index (Phi) is 3.46. The summed E-state index contributed by atoms with van der Waals surface area (Å²) in [6.07, 6.45) is 0. The Hall–Kier alpha value is -2.10. The molecule has 0 aromatic heterocycles. The van der Waals surface area contributed by atoms with Crippen LogP contribution in [0.15, 0.2) is 36.4 Å². The molecule has 94 valence electrons. The second-order valence-electron chi connectivity index (χ2n) is 4.03. The molecule has 0 saturated carbocycles. The van der Waals surface area contributed by atoms with E-state index in [4.69, 9.17) is 4.74 Å². The zero-order valence-corrected chi connectivity index (χ0v) is 9.78. The maximum atomic E-state index is 13.3. The van der Waals surface area contributed by atoms with Crippen LogP contribution in [0.3, 0.4) is 0 Å². The first kappa shape index (κ1) is 12.4. The number of hydrogen-bond donors (Lipinski definition) is 1. The Labute approximate surface area is 103 Å². The molecule has 1 N–H and O–H groups in total. The highest BCUT2D eigenvalue weighted by atomic mass is 19.1. The van der Waals surface area contributed by atoms with Gasteiger partial charge >= 0.3 is 0 Å². The van der Waals surface area contributed by atoms with Crippen LogP contribution in [0, 0.1) is 18.6 Å². The van der Waals surface area contributed by atoms with Crippen LogP contribution in [-0.4, -0.2) is 5.11 Å². The quantitative estimate of drug-likeness (QED) is 0.902. The summed E-state index contributed by atoms with van der Waals surface area (Å²) in [5.74, 6) is -0.739. The molecule has 0 fully saturated rings. The molecule has 0 heterocycles. The average Bonchev–Trinajstić information content (AvgIpc) is 2.26. The van der Waals surface area contributed by atoms with Gasteiger partial charge in [0.15, 0.2) is 0 Å². The van der Waals surface area contributed by atoms with E-state index in [1.54, 1.807) is 12.1 Å². The van der Waals surface area contributed by atoms with E-state index >= 15 is 0 Å². The van der Waals surface area contributed by atoms with Crippen LogP contribution in [-0.2, 0) is 6.61 Å². The van der Waals surface area contributed by atoms with Gasteiger partial charge in [0.2, 0.25) is 0 Å². The SMILES string of the molecule is Cc1cc(O)cc(OCc2ccc(F)cc2F)c1. The predicted octanol–water partition coefficient (Wildman–Crippen LogP) is 3.56. The molecule has 2 nitrogen and oxygen atoms in total. The van der Waals surface area contributed by atoms with Crippen molar-refractivity contribution in [1.29, 1.82) is 0 Å². The summed E-state index contributed by atoms with van der Waals surface area (Å²) >= 11 is 0. The van der Waals surface area contributed by atoms with E-state index in [2.05, 4.69) is 0 Å². The van der Waals surface area contributed by atoms with E-state index in [0.29, 0.717) is 5.75 Å². The lowest BCUT2D eigenvalue weighted by molar-refractivity contribution is 0.297. The number of aromatic hydroxyl groups is 1. The van der Waals surface area contributed by atoms with Gasteiger partial charge in [-0.1, -0.05) is 0 Å². The number of phenols is 1. The van der Waals surface area contributed by atoms with Crippen LogP contribution < -0.4 is 4.74 Å². The minimum absolute atomic E-state index is 0.0188. The summed E-state index contributed by atoms with van der Waals surface area (Å²) in [5.41, 5.74) is 1.10. The van der Waals surface area contributed by atoms with E-state index in [9.17, 15) is 13.9 Å². The van der Waals surface area contributed by atoms with Gasteiger partial charge < -0.3 is 9.84 Å². The monoisotopic (exact) mass is 250 g/mol. The zero-order valence-electron chi connectivity index (χ0n) is 9.78. The van der Waals surface area contributed by atoms with Gasteiger partial charge in [-0.25, -0.2) is 8.78 Å². The van der Waals surface area contributed by atoms with Crippen molar-refractivity contribution in [3.05, 3.63) is 59.2 Å². The molecule has 2 aromatic carbocycles. The van der Waals surface area contributed by atoms with Crippen molar-refractivity contribution in [3.63, 3.8) is 0 Å². The van der Waals surface area contributed by atoms with Gasteiger partial charge in [-0.3, -0.25) is 0 Å². The third kappa shape index (κ3) is 2.97. The first-order valence-electron chi connectivity index (χ1n) is 5.42. The van der Waals surface area contributed by atoms with E-state index < -0.39 is 11.6 Å². The maximum Gasteiger partial charge on any atom is 0.132 e. The molecular weight excluding hydrogens is 238 g/mol. The lowest BCUT2D eigenvalue weighted by atomic mass is 10.2. The van der Waals surface area contributed by atoms with Gasteiger partial charge in [-0.15, -0.1) is 0 Å². The van der Waals surface area contributed by atoms with Crippen LogP contribution in [0.4, 0.5) is 8.78 Å². The van der Waals surface area contributed by atoms with Crippen LogP contribution in [0.2, 0.25) is 0 Å². The second kappa shape index (κ2) is 5.04. The third-order valence-corrected chi connectivity index (χ3v) is 2.45. The van der Waals surface area contributed by atoms with E-state index in [0.717, 1.165) is 11.6 Å². The minimum Gasteiger partial charge on any atom is -0.508 e. The first-order valence-corrected chi connectivity index (χ1v) is 5.42. The largest absolute Gasteiger partial charge is 0.508 e. The Morgan fingerprint density at radius 1 is 1.11 bits per heavy atom. The summed E-state index contributed by atoms with van der Waals surface area (Å²) in [4.78, 5) is 0. The predicted molar refractivity (Wildman–Crippen MR) is 63.5 cm³/mol.